The van der Waals surface area contributed by atoms with E-state index in [0.717, 1.165) is 5.39 Å². The Morgan fingerprint density at radius 2 is 1.63 bits per heavy atom. The van der Waals surface area contributed by atoms with E-state index in [0.29, 0.717) is 10.9 Å². The van der Waals surface area contributed by atoms with E-state index in [2.05, 4.69) is 10.2 Å². The molecule has 2 N–H and O–H groups in total. The first kappa shape index (κ1) is 22.7. The van der Waals surface area contributed by atoms with Gasteiger partial charge in [-0.3, -0.25) is 4.55 Å². The van der Waals surface area contributed by atoms with Crippen LogP contribution < -0.4 is 0 Å². The van der Waals surface area contributed by atoms with E-state index in [4.69, 9.17) is 23.2 Å². The number of benzene rings is 3. The molecule has 3 aromatic rings. The van der Waals surface area contributed by atoms with Crippen molar-refractivity contribution in [3.05, 3.63) is 58.1 Å². The Balaban J connectivity index is 0.00000261. The monoisotopic (exact) mass is 548 g/mol. The number of hydrogen-bond acceptors (Lipinski definition) is 5. The van der Waals surface area contributed by atoms with Gasteiger partial charge in [0.05, 0.1) is 10.0 Å². The van der Waals surface area contributed by atoms with Gasteiger partial charge in [0.2, 0.25) is 0 Å². The minimum atomic E-state index is -4.69. The summed E-state index contributed by atoms with van der Waals surface area (Å²) < 4.78 is 32.8. The molecular weight excluding hydrogens is 536 g/mol. The summed E-state index contributed by atoms with van der Waals surface area (Å²) in [4.78, 5) is -0.641. The third-order valence-electron chi connectivity index (χ3n) is 3.72. The summed E-state index contributed by atoms with van der Waals surface area (Å²) in [6, 6.07) is 11.6. The molecule has 3 rings (SSSR count). The first-order valence-electron chi connectivity index (χ1n) is 7.28. The zero-order valence-electron chi connectivity index (χ0n) is 14.0. The van der Waals surface area contributed by atoms with Crippen molar-refractivity contribution in [2.45, 2.75) is 11.8 Å². The molecule has 0 saturated carbocycles. The Morgan fingerprint density at radius 3 is 2.30 bits per heavy atom. The maximum Gasteiger partial charge on any atom is 0.298 e. The number of hydrogen-bond donors (Lipinski definition) is 2. The Labute approximate surface area is 206 Å². The number of aryl methyl sites for hydroxylation is 1. The summed E-state index contributed by atoms with van der Waals surface area (Å²) in [5, 5.41) is 19.1. The number of fused-ring (bicyclic) bond motifs is 1. The molecule has 0 aliphatic heterocycles. The third-order valence-corrected chi connectivity index (χ3v) is 5.53. The van der Waals surface area contributed by atoms with Crippen molar-refractivity contribution in [1.29, 1.82) is 0 Å². The topological polar surface area (TPSA) is 99.3 Å². The number of phenols is 1. The Bertz CT molecular complexity index is 1170. The molecule has 0 amide bonds. The number of aromatic hydroxyl groups is 1. The number of rotatable bonds is 3. The summed E-state index contributed by atoms with van der Waals surface area (Å²) in [6.45, 7) is 1.61. The molecule has 0 aliphatic rings. The van der Waals surface area contributed by atoms with E-state index >= 15 is 0 Å². The molecule has 10 heteroatoms. The second kappa shape index (κ2) is 8.81. The van der Waals surface area contributed by atoms with Crippen LogP contribution in [0.25, 0.3) is 10.8 Å². The molecule has 0 atom stereocenters. The van der Waals surface area contributed by atoms with E-state index < -0.39 is 15.0 Å². The van der Waals surface area contributed by atoms with Gasteiger partial charge in [-0.25, -0.2) is 0 Å². The van der Waals surface area contributed by atoms with E-state index in [1.807, 2.05) is 12.1 Å². The van der Waals surface area contributed by atoms with Crippen molar-refractivity contribution in [2.24, 2.45) is 10.2 Å². The van der Waals surface area contributed by atoms with Gasteiger partial charge >= 0.3 is 0 Å². The zero-order chi connectivity index (χ0) is 19.1. The predicted molar refractivity (Wildman–Crippen MR) is 107 cm³/mol. The Hall–Kier alpha value is -0.619. The molecule has 2 radical (unpaired) electrons. The smallest absolute Gasteiger partial charge is 0.298 e. The fourth-order valence-electron chi connectivity index (χ4n) is 2.50. The molecule has 0 bridgehead atoms. The van der Waals surface area contributed by atoms with Gasteiger partial charge in [0.1, 0.15) is 22.0 Å². The van der Waals surface area contributed by atoms with Gasteiger partial charge in [-0.15, -0.1) is 10.2 Å². The van der Waals surface area contributed by atoms with E-state index in [-0.39, 0.29) is 76.1 Å². The fourth-order valence-corrected chi connectivity index (χ4v) is 3.98. The molecular formula is C17H12BaCl2N2O4S. The van der Waals surface area contributed by atoms with Crippen LogP contribution in [0.15, 0.2) is 57.6 Å². The second-order valence-corrected chi connectivity index (χ2v) is 7.64. The summed E-state index contributed by atoms with van der Waals surface area (Å²) >= 11 is 12.1. The van der Waals surface area contributed by atoms with Crippen molar-refractivity contribution in [3.8, 4) is 5.75 Å². The number of phenolic OH excluding ortho intramolecular Hbond substituents is 1. The molecule has 0 fully saturated rings. The molecule has 0 unspecified atom stereocenters. The number of nitrogens with zero attached hydrogens (tertiary/aromatic N) is 2. The van der Waals surface area contributed by atoms with Crippen molar-refractivity contribution < 1.29 is 18.1 Å². The van der Waals surface area contributed by atoms with Crippen LogP contribution in [0.1, 0.15) is 5.56 Å². The summed E-state index contributed by atoms with van der Waals surface area (Å²) in [7, 11) is -4.69. The Kier molecular flexibility index (Phi) is 7.40. The van der Waals surface area contributed by atoms with Crippen molar-refractivity contribution >= 4 is 104 Å². The molecule has 0 spiro atoms. The van der Waals surface area contributed by atoms with E-state index in [1.165, 1.54) is 12.1 Å². The molecule has 0 saturated heterocycles. The van der Waals surface area contributed by atoms with Crippen molar-refractivity contribution in [1.82, 2.24) is 0 Å². The van der Waals surface area contributed by atoms with Gasteiger partial charge in [0.25, 0.3) is 10.1 Å². The molecule has 0 aliphatic carbocycles. The first-order chi connectivity index (χ1) is 12.2. The normalized spacial score (nSPS) is 11.7. The van der Waals surface area contributed by atoms with E-state index in [1.54, 1.807) is 25.1 Å². The third kappa shape index (κ3) is 4.69. The molecule has 0 heterocycles. The second-order valence-electron chi connectivity index (χ2n) is 5.50. The zero-order valence-corrected chi connectivity index (χ0v) is 20.8. The van der Waals surface area contributed by atoms with Crippen LogP contribution in [-0.4, -0.2) is 67.0 Å². The average Bonchev–Trinajstić information content (AvgIpc) is 2.56. The molecule has 136 valence electrons. The largest absolute Gasteiger partial charge is 0.506 e. The van der Waals surface area contributed by atoms with E-state index in [9.17, 15) is 18.1 Å². The maximum absolute atomic E-state index is 11.7. The molecule has 6 nitrogen and oxygen atoms in total. The van der Waals surface area contributed by atoms with Crippen LogP contribution in [0.3, 0.4) is 0 Å². The quantitative estimate of drug-likeness (QED) is 0.259. The first-order valence-corrected chi connectivity index (χ1v) is 9.48. The number of halogens is 2. The summed E-state index contributed by atoms with van der Waals surface area (Å²) in [5.41, 5.74) is 0.296. The SMILES string of the molecule is Cc1cc(Cl)c(S(=O)(=O)O)c(N=Nc2c(O)ccc3ccccc23)c1Cl.[Ba]. The van der Waals surface area contributed by atoms with Crippen molar-refractivity contribution in [3.63, 3.8) is 0 Å². The minimum Gasteiger partial charge on any atom is -0.506 e. The van der Waals surface area contributed by atoms with Gasteiger partial charge in [-0.05, 0) is 30.0 Å². The summed E-state index contributed by atoms with van der Waals surface area (Å²) in [5.74, 6) is -0.143. The van der Waals surface area contributed by atoms with Gasteiger partial charge < -0.3 is 5.11 Å². The van der Waals surface area contributed by atoms with Crippen LogP contribution >= 0.6 is 23.2 Å². The van der Waals surface area contributed by atoms with Gasteiger partial charge in [0.15, 0.2) is 0 Å². The molecule has 3 aromatic carbocycles. The number of azo groups is 1. The van der Waals surface area contributed by atoms with Crippen LogP contribution in [0.2, 0.25) is 10.0 Å². The average molecular weight is 549 g/mol. The predicted octanol–water partition coefficient (Wildman–Crippen LogP) is 5.44. The van der Waals surface area contributed by atoms with Gasteiger partial charge in [-0.1, -0.05) is 53.5 Å². The Morgan fingerprint density at radius 1 is 1.00 bits per heavy atom. The maximum atomic E-state index is 11.7. The minimum absolute atomic E-state index is 0. The molecule has 27 heavy (non-hydrogen) atoms. The van der Waals surface area contributed by atoms with Gasteiger partial charge in [0, 0.05) is 54.3 Å². The van der Waals surface area contributed by atoms with Crippen LogP contribution in [0.5, 0.6) is 5.75 Å². The summed E-state index contributed by atoms with van der Waals surface area (Å²) in [6.07, 6.45) is 0. The van der Waals surface area contributed by atoms with Crippen LogP contribution in [-0.2, 0) is 10.1 Å². The molecule has 0 aromatic heterocycles. The standard InChI is InChI=1S/C17H12Cl2N2O4S.Ba/c1-9-8-12(18)17(26(23,24)25)16(14(9)19)21-20-15-11-5-3-2-4-10(11)6-7-13(15)22;/h2-8,22H,1H3,(H,23,24,25);. The van der Waals surface area contributed by atoms with Crippen LogP contribution in [0.4, 0.5) is 11.4 Å². The van der Waals surface area contributed by atoms with Crippen LogP contribution in [0, 0.1) is 6.92 Å². The fraction of sp³-hybridized carbons (Fsp3) is 0.0588. The van der Waals surface area contributed by atoms with Crippen molar-refractivity contribution in [2.75, 3.05) is 0 Å². The van der Waals surface area contributed by atoms with Gasteiger partial charge in [-0.2, -0.15) is 8.42 Å².